The molecule has 1 saturated heterocycles. The first-order chi connectivity index (χ1) is 12.3. The first-order valence-electron chi connectivity index (χ1n) is 8.25. The Morgan fingerprint density at radius 2 is 1.72 bits per heavy atom. The van der Waals surface area contributed by atoms with Gasteiger partial charge in [0, 0.05) is 11.3 Å². The van der Waals surface area contributed by atoms with E-state index in [1.54, 1.807) is 11.8 Å². The third-order valence-electron chi connectivity index (χ3n) is 4.00. The average Bonchev–Trinajstić information content (AvgIpc) is 3.31. The molecule has 2 heterocycles. The van der Waals surface area contributed by atoms with Gasteiger partial charge in [-0.05, 0) is 19.1 Å². The maximum Gasteiger partial charge on any atom is 0.196 e. The van der Waals surface area contributed by atoms with Crippen molar-refractivity contribution in [3.05, 3.63) is 60.2 Å². The highest BCUT2D eigenvalue weighted by Crippen LogP contribution is 2.29. The van der Waals surface area contributed by atoms with E-state index in [0.29, 0.717) is 19.0 Å². The normalized spacial score (nSPS) is 14.9. The third-order valence-corrected chi connectivity index (χ3v) is 4.96. The van der Waals surface area contributed by atoms with Crippen LogP contribution in [0, 0.1) is 6.92 Å². The standard InChI is InChI=1S/C19H19N3O2S/c1-14-7-9-16(10-8-14)22-18(15-5-3-2-4-6-15)20-21-19(22)25-13-17-23-11-12-24-17/h2-10,17H,11-13H2,1H3. The highest BCUT2D eigenvalue weighted by Gasteiger charge is 2.20. The first-order valence-corrected chi connectivity index (χ1v) is 9.24. The van der Waals surface area contributed by atoms with Gasteiger partial charge in [-0.3, -0.25) is 4.57 Å². The molecule has 5 nitrogen and oxygen atoms in total. The maximum atomic E-state index is 5.53. The topological polar surface area (TPSA) is 49.2 Å². The summed E-state index contributed by atoms with van der Waals surface area (Å²) in [5.41, 5.74) is 3.31. The predicted octanol–water partition coefficient (Wildman–Crippen LogP) is 3.71. The van der Waals surface area contributed by atoms with Crippen molar-refractivity contribution in [3.8, 4) is 17.1 Å². The van der Waals surface area contributed by atoms with Crippen LogP contribution in [-0.2, 0) is 9.47 Å². The fourth-order valence-electron chi connectivity index (χ4n) is 2.71. The molecule has 0 saturated carbocycles. The lowest BCUT2D eigenvalue weighted by atomic mass is 10.2. The summed E-state index contributed by atoms with van der Waals surface area (Å²) >= 11 is 1.60. The summed E-state index contributed by atoms with van der Waals surface area (Å²) in [5, 5.41) is 9.69. The average molecular weight is 353 g/mol. The van der Waals surface area contributed by atoms with Gasteiger partial charge in [0.05, 0.1) is 19.0 Å². The monoisotopic (exact) mass is 353 g/mol. The van der Waals surface area contributed by atoms with Crippen LogP contribution in [0.1, 0.15) is 5.56 Å². The minimum Gasteiger partial charge on any atom is -0.349 e. The molecule has 0 N–H and O–H groups in total. The number of ether oxygens (including phenoxy) is 2. The summed E-state index contributed by atoms with van der Waals surface area (Å²) in [4.78, 5) is 0. The molecule has 128 valence electrons. The van der Waals surface area contributed by atoms with E-state index < -0.39 is 0 Å². The van der Waals surface area contributed by atoms with Crippen LogP contribution in [0.15, 0.2) is 59.8 Å². The molecular weight excluding hydrogens is 334 g/mol. The van der Waals surface area contributed by atoms with Gasteiger partial charge in [-0.15, -0.1) is 10.2 Å². The Bertz CT molecular complexity index is 828. The number of thioether (sulfide) groups is 1. The van der Waals surface area contributed by atoms with Crippen LogP contribution in [0.5, 0.6) is 0 Å². The van der Waals surface area contributed by atoms with Crippen LogP contribution < -0.4 is 0 Å². The van der Waals surface area contributed by atoms with Crippen molar-refractivity contribution in [2.75, 3.05) is 19.0 Å². The first kappa shape index (κ1) is 16.3. The van der Waals surface area contributed by atoms with Crippen molar-refractivity contribution in [2.45, 2.75) is 18.4 Å². The zero-order valence-electron chi connectivity index (χ0n) is 14.0. The highest BCUT2D eigenvalue weighted by molar-refractivity contribution is 7.99. The summed E-state index contributed by atoms with van der Waals surface area (Å²) in [6, 6.07) is 18.5. The number of benzene rings is 2. The number of aryl methyl sites for hydroxylation is 1. The van der Waals surface area contributed by atoms with E-state index in [0.717, 1.165) is 22.2 Å². The predicted molar refractivity (Wildman–Crippen MR) is 97.9 cm³/mol. The Morgan fingerprint density at radius 3 is 2.44 bits per heavy atom. The van der Waals surface area contributed by atoms with Crippen LogP contribution in [0.3, 0.4) is 0 Å². The van der Waals surface area contributed by atoms with E-state index in [4.69, 9.17) is 9.47 Å². The Morgan fingerprint density at radius 1 is 1.00 bits per heavy atom. The molecule has 25 heavy (non-hydrogen) atoms. The second-order valence-corrected chi connectivity index (χ2v) is 6.81. The molecule has 3 aromatic rings. The van der Waals surface area contributed by atoms with Crippen molar-refractivity contribution < 1.29 is 9.47 Å². The van der Waals surface area contributed by atoms with E-state index in [1.807, 2.05) is 30.3 Å². The molecule has 0 spiro atoms. The van der Waals surface area contributed by atoms with Gasteiger partial charge in [0.25, 0.3) is 0 Å². The van der Waals surface area contributed by atoms with Gasteiger partial charge in [0.1, 0.15) is 0 Å². The fourth-order valence-corrected chi connectivity index (χ4v) is 3.61. The quantitative estimate of drug-likeness (QED) is 0.655. The van der Waals surface area contributed by atoms with E-state index in [2.05, 4.69) is 46.0 Å². The number of rotatable bonds is 5. The molecule has 0 radical (unpaired) electrons. The summed E-state index contributed by atoms with van der Waals surface area (Å²) in [5.74, 6) is 1.53. The van der Waals surface area contributed by atoms with Crippen LogP contribution >= 0.6 is 11.8 Å². The lowest BCUT2D eigenvalue weighted by Crippen LogP contribution is -2.11. The van der Waals surface area contributed by atoms with Crippen molar-refractivity contribution in [2.24, 2.45) is 0 Å². The van der Waals surface area contributed by atoms with Gasteiger partial charge in [-0.25, -0.2) is 0 Å². The summed E-state index contributed by atoms with van der Waals surface area (Å²) < 4.78 is 13.1. The Hall–Kier alpha value is -2.15. The van der Waals surface area contributed by atoms with Gasteiger partial charge < -0.3 is 9.47 Å². The molecule has 0 aliphatic carbocycles. The van der Waals surface area contributed by atoms with Crippen LogP contribution in [0.4, 0.5) is 0 Å². The molecule has 2 aromatic carbocycles. The molecule has 1 aliphatic rings. The molecular formula is C19H19N3O2S. The molecule has 0 bridgehead atoms. The number of hydrogen-bond donors (Lipinski definition) is 0. The molecule has 0 amide bonds. The van der Waals surface area contributed by atoms with Crippen molar-refractivity contribution in [1.29, 1.82) is 0 Å². The molecule has 0 unspecified atom stereocenters. The number of aromatic nitrogens is 3. The number of hydrogen-bond acceptors (Lipinski definition) is 5. The third kappa shape index (κ3) is 3.61. The smallest absolute Gasteiger partial charge is 0.196 e. The second-order valence-electron chi connectivity index (χ2n) is 5.83. The van der Waals surface area contributed by atoms with Crippen molar-refractivity contribution in [3.63, 3.8) is 0 Å². The lowest BCUT2D eigenvalue weighted by molar-refractivity contribution is -0.0215. The second kappa shape index (κ2) is 7.39. The lowest BCUT2D eigenvalue weighted by Gasteiger charge is -2.12. The molecule has 0 atom stereocenters. The SMILES string of the molecule is Cc1ccc(-n2c(SCC3OCCO3)nnc2-c2ccccc2)cc1. The largest absolute Gasteiger partial charge is 0.349 e. The van der Waals surface area contributed by atoms with E-state index in [9.17, 15) is 0 Å². The summed E-state index contributed by atoms with van der Waals surface area (Å²) in [6.45, 7) is 3.40. The van der Waals surface area contributed by atoms with Crippen LogP contribution in [0.2, 0.25) is 0 Å². The van der Waals surface area contributed by atoms with Gasteiger partial charge in [0.15, 0.2) is 17.3 Å². The van der Waals surface area contributed by atoms with Gasteiger partial charge in [-0.1, -0.05) is 59.8 Å². The van der Waals surface area contributed by atoms with Gasteiger partial charge >= 0.3 is 0 Å². The Labute approximate surface area is 151 Å². The van der Waals surface area contributed by atoms with Gasteiger partial charge in [-0.2, -0.15) is 0 Å². The summed E-state index contributed by atoms with van der Waals surface area (Å²) in [7, 11) is 0. The number of nitrogens with zero attached hydrogens (tertiary/aromatic N) is 3. The molecule has 4 rings (SSSR count). The van der Waals surface area contributed by atoms with Crippen molar-refractivity contribution in [1.82, 2.24) is 14.8 Å². The molecule has 6 heteroatoms. The van der Waals surface area contributed by atoms with Crippen molar-refractivity contribution >= 4 is 11.8 Å². The zero-order chi connectivity index (χ0) is 17.1. The maximum absolute atomic E-state index is 5.53. The minimum absolute atomic E-state index is 0.173. The highest BCUT2D eigenvalue weighted by atomic mass is 32.2. The minimum atomic E-state index is -0.173. The van der Waals surface area contributed by atoms with Gasteiger partial charge in [0.2, 0.25) is 0 Å². The zero-order valence-corrected chi connectivity index (χ0v) is 14.8. The van der Waals surface area contributed by atoms with E-state index in [-0.39, 0.29) is 6.29 Å². The molecule has 1 aliphatic heterocycles. The Kier molecular flexibility index (Phi) is 4.83. The fraction of sp³-hybridized carbons (Fsp3) is 0.263. The van der Waals surface area contributed by atoms with Crippen LogP contribution in [-0.4, -0.2) is 40.0 Å². The van der Waals surface area contributed by atoms with E-state index >= 15 is 0 Å². The molecule has 1 fully saturated rings. The van der Waals surface area contributed by atoms with Crippen LogP contribution in [0.25, 0.3) is 17.1 Å². The Balaban J connectivity index is 1.70. The van der Waals surface area contributed by atoms with E-state index in [1.165, 1.54) is 5.56 Å². The summed E-state index contributed by atoms with van der Waals surface area (Å²) in [6.07, 6.45) is -0.173. The molecule has 1 aromatic heterocycles.